The molecule has 0 aliphatic carbocycles. The quantitative estimate of drug-likeness (QED) is 0.337. The molecule has 0 bridgehead atoms. The van der Waals surface area contributed by atoms with Crippen molar-refractivity contribution in [3.8, 4) is 5.69 Å². The van der Waals surface area contributed by atoms with Crippen LogP contribution in [0.4, 0.5) is 0 Å². The van der Waals surface area contributed by atoms with Crippen molar-refractivity contribution in [2.45, 2.75) is 12.6 Å². The summed E-state index contributed by atoms with van der Waals surface area (Å²) in [5.41, 5.74) is 6.70. The zero-order chi connectivity index (χ0) is 21.0. The van der Waals surface area contributed by atoms with Gasteiger partial charge in [0.05, 0.1) is 17.4 Å². The number of likely N-dealkylation sites (N-methyl/N-ethyl adjacent to an activating group) is 1. The normalized spacial score (nSPS) is 14.5. The lowest BCUT2D eigenvalue weighted by molar-refractivity contribution is 0.0716. The number of aromatic nitrogens is 1. The summed E-state index contributed by atoms with van der Waals surface area (Å²) in [6, 6.07) is 33.5. The molecule has 0 N–H and O–H groups in total. The van der Waals surface area contributed by atoms with Gasteiger partial charge in [-0.3, -0.25) is 4.90 Å². The zero-order valence-corrected chi connectivity index (χ0v) is 17.6. The van der Waals surface area contributed by atoms with E-state index in [-0.39, 0.29) is 6.04 Å². The van der Waals surface area contributed by atoms with Crippen LogP contribution >= 0.6 is 0 Å². The summed E-state index contributed by atoms with van der Waals surface area (Å²) in [6.07, 6.45) is 2.07. The fraction of sp³-hybridized carbons (Fsp3) is 0.148. The Morgan fingerprint density at radius 1 is 0.839 bits per heavy atom. The zero-order valence-electron chi connectivity index (χ0n) is 17.6. The van der Waals surface area contributed by atoms with Gasteiger partial charge < -0.3 is 9.40 Å². The van der Waals surface area contributed by atoms with Crippen molar-refractivity contribution in [3.63, 3.8) is 0 Å². The maximum atomic E-state index is 6.01. The first-order valence-electron chi connectivity index (χ1n) is 10.6. The highest BCUT2D eigenvalue weighted by atomic mass is 16.6. The fourth-order valence-corrected chi connectivity index (χ4v) is 4.21. The van der Waals surface area contributed by atoms with Gasteiger partial charge in [0.2, 0.25) is 0 Å². The predicted octanol–water partition coefficient (Wildman–Crippen LogP) is 5.43. The van der Waals surface area contributed by atoms with Gasteiger partial charge in [-0.2, -0.15) is 0 Å². The van der Waals surface area contributed by atoms with E-state index in [1.807, 2.05) is 24.3 Å². The molecule has 0 spiro atoms. The van der Waals surface area contributed by atoms with Gasteiger partial charge in [-0.1, -0.05) is 84.0 Å². The van der Waals surface area contributed by atoms with Gasteiger partial charge in [0.25, 0.3) is 0 Å². The van der Waals surface area contributed by atoms with Crippen LogP contribution in [0.5, 0.6) is 0 Å². The molecule has 1 aromatic heterocycles. The van der Waals surface area contributed by atoms with E-state index in [9.17, 15) is 0 Å². The smallest absolute Gasteiger partial charge is 0.136 e. The van der Waals surface area contributed by atoms with Crippen LogP contribution in [-0.2, 0) is 11.4 Å². The number of nitrogens with zero attached hydrogens (tertiary/aromatic N) is 3. The first kappa shape index (κ1) is 19.3. The second-order valence-electron chi connectivity index (χ2n) is 7.84. The third-order valence-electron chi connectivity index (χ3n) is 5.79. The largest absolute Gasteiger partial charge is 0.393 e. The third kappa shape index (κ3) is 3.90. The molecule has 2 heterocycles. The van der Waals surface area contributed by atoms with Gasteiger partial charge in [0.15, 0.2) is 0 Å². The van der Waals surface area contributed by atoms with Crippen LogP contribution in [0.1, 0.15) is 28.4 Å². The van der Waals surface area contributed by atoms with Gasteiger partial charge in [-0.25, -0.2) is 0 Å². The molecule has 4 nitrogen and oxygen atoms in total. The second kappa shape index (κ2) is 8.62. The predicted molar refractivity (Wildman–Crippen MR) is 124 cm³/mol. The lowest BCUT2D eigenvalue weighted by atomic mass is 10.1. The van der Waals surface area contributed by atoms with Crippen LogP contribution in [0.25, 0.3) is 5.69 Å². The molecular formula is C27H25N3O. The highest BCUT2D eigenvalue weighted by molar-refractivity contribution is 6.17. The molecule has 0 radical (unpaired) electrons. The average Bonchev–Trinajstić information content (AvgIpc) is 3.40. The molecular weight excluding hydrogens is 382 g/mol. The standard InChI is InChI=1S/C27H25N3O/c1-29(19-21-11-4-2-5-12-21)26(22-13-6-3-7-14-22)20-31-28-27-23-15-8-9-16-24(23)30-18-10-17-25(27)30/h2-18,26H,19-20H2,1H3/b28-27-. The van der Waals surface area contributed by atoms with Crippen molar-refractivity contribution < 1.29 is 4.84 Å². The minimum atomic E-state index is 0.0918. The minimum absolute atomic E-state index is 0.0918. The molecule has 0 saturated heterocycles. The van der Waals surface area contributed by atoms with Crippen molar-refractivity contribution in [2.24, 2.45) is 5.16 Å². The number of rotatable bonds is 7. The number of fused-ring (bicyclic) bond motifs is 3. The number of benzene rings is 3. The van der Waals surface area contributed by atoms with Crippen LogP contribution in [-0.4, -0.2) is 28.8 Å². The second-order valence-corrected chi connectivity index (χ2v) is 7.84. The monoisotopic (exact) mass is 407 g/mol. The van der Waals surface area contributed by atoms with Crippen molar-refractivity contribution in [1.82, 2.24) is 9.47 Å². The first-order valence-corrected chi connectivity index (χ1v) is 10.6. The Kier molecular flexibility index (Phi) is 5.38. The van der Waals surface area contributed by atoms with Crippen molar-refractivity contribution in [2.75, 3.05) is 13.7 Å². The Morgan fingerprint density at radius 2 is 1.55 bits per heavy atom. The topological polar surface area (TPSA) is 29.8 Å². The van der Waals surface area contributed by atoms with Gasteiger partial charge in [-0.05, 0) is 36.4 Å². The molecule has 1 aliphatic rings. The minimum Gasteiger partial charge on any atom is -0.393 e. The van der Waals surface area contributed by atoms with Crippen molar-refractivity contribution in [3.05, 3.63) is 126 Å². The van der Waals surface area contributed by atoms with E-state index >= 15 is 0 Å². The van der Waals surface area contributed by atoms with Crippen LogP contribution in [0.2, 0.25) is 0 Å². The number of para-hydroxylation sites is 1. The van der Waals surface area contributed by atoms with E-state index in [0.29, 0.717) is 6.61 Å². The number of hydrogen-bond donors (Lipinski definition) is 0. The maximum absolute atomic E-state index is 6.01. The van der Waals surface area contributed by atoms with Crippen LogP contribution in [0.3, 0.4) is 0 Å². The third-order valence-corrected chi connectivity index (χ3v) is 5.79. The molecule has 1 unspecified atom stereocenters. The summed E-state index contributed by atoms with van der Waals surface area (Å²) < 4.78 is 2.16. The van der Waals surface area contributed by atoms with E-state index in [1.165, 1.54) is 11.1 Å². The van der Waals surface area contributed by atoms with E-state index < -0.39 is 0 Å². The average molecular weight is 408 g/mol. The molecule has 0 saturated carbocycles. The first-order chi connectivity index (χ1) is 15.3. The SMILES string of the molecule is CN(Cc1ccccc1)C(CO/N=C1/c2ccccc2-n2cccc21)c1ccccc1. The Hall–Kier alpha value is -3.63. The summed E-state index contributed by atoms with van der Waals surface area (Å²) >= 11 is 0. The Labute approximate surface area is 183 Å². The van der Waals surface area contributed by atoms with Gasteiger partial charge in [0, 0.05) is 18.3 Å². The summed E-state index contributed by atoms with van der Waals surface area (Å²) in [5, 5.41) is 4.60. The van der Waals surface area contributed by atoms with Gasteiger partial charge in [0.1, 0.15) is 12.3 Å². The Bertz CT molecular complexity index is 1180. The van der Waals surface area contributed by atoms with Crippen molar-refractivity contribution >= 4 is 5.71 Å². The molecule has 5 rings (SSSR count). The molecule has 0 amide bonds. The number of hydrogen-bond acceptors (Lipinski definition) is 3. The Morgan fingerprint density at radius 3 is 2.35 bits per heavy atom. The van der Waals surface area contributed by atoms with Crippen LogP contribution in [0, 0.1) is 0 Å². The van der Waals surface area contributed by atoms with Gasteiger partial charge in [-0.15, -0.1) is 0 Å². The molecule has 1 aliphatic heterocycles. The summed E-state index contributed by atoms with van der Waals surface area (Å²) in [4.78, 5) is 8.32. The molecule has 4 heteroatoms. The van der Waals surface area contributed by atoms with Gasteiger partial charge >= 0.3 is 0 Å². The number of oxime groups is 1. The fourth-order valence-electron chi connectivity index (χ4n) is 4.21. The lowest BCUT2D eigenvalue weighted by Gasteiger charge is -2.27. The summed E-state index contributed by atoms with van der Waals surface area (Å²) in [5.74, 6) is 0. The highest BCUT2D eigenvalue weighted by Gasteiger charge is 2.25. The summed E-state index contributed by atoms with van der Waals surface area (Å²) in [6.45, 7) is 1.31. The van der Waals surface area contributed by atoms with Crippen LogP contribution in [0.15, 0.2) is 108 Å². The van der Waals surface area contributed by atoms with E-state index in [4.69, 9.17) is 4.84 Å². The molecule has 154 valence electrons. The van der Waals surface area contributed by atoms with Crippen LogP contribution < -0.4 is 0 Å². The van der Waals surface area contributed by atoms with E-state index in [1.54, 1.807) is 0 Å². The van der Waals surface area contributed by atoms with Crippen molar-refractivity contribution in [1.29, 1.82) is 0 Å². The molecule has 3 aromatic carbocycles. The Balaban J connectivity index is 1.38. The summed E-state index contributed by atoms with van der Waals surface area (Å²) in [7, 11) is 2.14. The van der Waals surface area contributed by atoms with E-state index in [0.717, 1.165) is 29.2 Å². The highest BCUT2D eigenvalue weighted by Crippen LogP contribution is 2.29. The molecule has 4 aromatic rings. The molecule has 0 fully saturated rings. The maximum Gasteiger partial charge on any atom is 0.136 e. The molecule has 31 heavy (non-hydrogen) atoms. The molecule has 1 atom stereocenters. The van der Waals surface area contributed by atoms with E-state index in [2.05, 4.69) is 101 Å². The lowest BCUT2D eigenvalue weighted by Crippen LogP contribution is -2.27.